The van der Waals surface area contributed by atoms with E-state index in [4.69, 9.17) is 24.3 Å². The molecule has 9 nitrogen and oxygen atoms in total. The molecule has 0 rings (SSSR count). The molecule has 0 aliphatic carbocycles. The maximum Gasteiger partial charge on any atom is 0.472 e. The van der Waals surface area contributed by atoms with Crippen molar-refractivity contribution in [3.8, 4) is 0 Å². The van der Waals surface area contributed by atoms with Crippen molar-refractivity contribution in [3.63, 3.8) is 0 Å². The highest BCUT2D eigenvalue weighted by Crippen LogP contribution is 2.43. The maximum atomic E-state index is 12.5. The molecule has 300 valence electrons. The van der Waals surface area contributed by atoms with Crippen LogP contribution in [0.25, 0.3) is 0 Å². The molecule has 0 aliphatic rings. The largest absolute Gasteiger partial charge is 0.472 e. The van der Waals surface area contributed by atoms with Crippen molar-refractivity contribution in [2.24, 2.45) is 5.73 Å². The summed E-state index contributed by atoms with van der Waals surface area (Å²) in [6.45, 7) is 3.44. The number of unbranched alkanes of at least 4 members (excludes halogenated alkanes) is 6. The molecule has 3 N–H and O–H groups in total. The van der Waals surface area contributed by atoms with Gasteiger partial charge in [-0.2, -0.15) is 0 Å². The van der Waals surface area contributed by atoms with Gasteiger partial charge in [-0.25, -0.2) is 4.57 Å². The van der Waals surface area contributed by atoms with Gasteiger partial charge >= 0.3 is 19.8 Å². The molecule has 1 unspecified atom stereocenters. The first-order valence-corrected chi connectivity index (χ1v) is 21.2. The van der Waals surface area contributed by atoms with Crippen LogP contribution in [0.3, 0.4) is 0 Å². The summed E-state index contributed by atoms with van der Waals surface area (Å²) in [7, 11) is -4.40. The third-order valence-electron chi connectivity index (χ3n) is 7.45. The van der Waals surface area contributed by atoms with Crippen molar-refractivity contribution in [1.82, 2.24) is 0 Å². The van der Waals surface area contributed by atoms with Gasteiger partial charge in [0.15, 0.2) is 6.10 Å². The van der Waals surface area contributed by atoms with E-state index in [-0.39, 0.29) is 32.6 Å². The van der Waals surface area contributed by atoms with Gasteiger partial charge in [0, 0.05) is 19.4 Å². The number of phosphoric ester groups is 1. The lowest BCUT2D eigenvalue weighted by atomic mass is 10.1. The van der Waals surface area contributed by atoms with Crippen LogP contribution in [-0.2, 0) is 32.7 Å². The summed E-state index contributed by atoms with van der Waals surface area (Å²) in [6.07, 6.45) is 48.8. The number of ether oxygens (including phenoxy) is 2. The van der Waals surface area contributed by atoms with Gasteiger partial charge in [-0.15, -0.1) is 0 Å². The minimum atomic E-state index is -4.40. The van der Waals surface area contributed by atoms with Gasteiger partial charge in [0.2, 0.25) is 0 Å². The summed E-state index contributed by atoms with van der Waals surface area (Å²) < 4.78 is 32.6. The molecule has 0 bridgehead atoms. The highest BCUT2D eigenvalue weighted by atomic mass is 31.2. The molecule has 0 saturated heterocycles. The van der Waals surface area contributed by atoms with E-state index < -0.39 is 32.5 Å². The molecule has 10 heteroatoms. The van der Waals surface area contributed by atoms with Gasteiger partial charge in [-0.1, -0.05) is 124 Å². The van der Waals surface area contributed by atoms with Gasteiger partial charge < -0.3 is 20.1 Å². The van der Waals surface area contributed by atoms with Gasteiger partial charge in [0.1, 0.15) is 6.61 Å². The van der Waals surface area contributed by atoms with Gasteiger partial charge in [0.05, 0.1) is 13.2 Å². The summed E-state index contributed by atoms with van der Waals surface area (Å²) in [5.41, 5.74) is 5.33. The van der Waals surface area contributed by atoms with Crippen molar-refractivity contribution in [1.29, 1.82) is 0 Å². The quantitative estimate of drug-likeness (QED) is 0.0280. The van der Waals surface area contributed by atoms with Crippen LogP contribution in [0.15, 0.2) is 97.2 Å². The van der Waals surface area contributed by atoms with Crippen LogP contribution in [0.4, 0.5) is 0 Å². The zero-order valence-electron chi connectivity index (χ0n) is 32.7. The first-order valence-electron chi connectivity index (χ1n) is 19.7. The summed E-state index contributed by atoms with van der Waals surface area (Å²) >= 11 is 0. The van der Waals surface area contributed by atoms with Crippen LogP contribution in [0, 0.1) is 0 Å². The highest BCUT2D eigenvalue weighted by Gasteiger charge is 2.25. The molecule has 0 fully saturated rings. The Hall–Kier alpha value is -3.07. The van der Waals surface area contributed by atoms with Gasteiger partial charge in [-0.3, -0.25) is 18.6 Å². The number of esters is 2. The lowest BCUT2D eigenvalue weighted by Gasteiger charge is -2.19. The minimum Gasteiger partial charge on any atom is -0.462 e. The lowest BCUT2D eigenvalue weighted by molar-refractivity contribution is -0.161. The molecular formula is C43H70NO8P. The Bertz CT molecular complexity index is 1180. The van der Waals surface area contributed by atoms with Crippen LogP contribution < -0.4 is 5.73 Å². The number of phosphoric acid groups is 1. The molecule has 53 heavy (non-hydrogen) atoms. The number of carbonyl (C=O) groups excluding carboxylic acids is 2. The van der Waals surface area contributed by atoms with Crippen LogP contribution >= 0.6 is 7.82 Å². The summed E-state index contributed by atoms with van der Waals surface area (Å²) in [6, 6.07) is 0. The van der Waals surface area contributed by atoms with Crippen molar-refractivity contribution >= 4 is 19.8 Å². The van der Waals surface area contributed by atoms with E-state index >= 15 is 0 Å². The Morgan fingerprint density at radius 3 is 1.53 bits per heavy atom. The van der Waals surface area contributed by atoms with Crippen LogP contribution in [0.5, 0.6) is 0 Å². The average molecular weight is 760 g/mol. The topological polar surface area (TPSA) is 134 Å². The predicted octanol–water partition coefficient (Wildman–Crippen LogP) is 11.0. The number of allylic oxidation sites excluding steroid dienone is 16. The third kappa shape index (κ3) is 38.5. The second-order valence-electron chi connectivity index (χ2n) is 12.4. The summed E-state index contributed by atoms with van der Waals surface area (Å²) in [5, 5.41) is 0. The number of hydrogen-bond donors (Lipinski definition) is 2. The number of carbonyl (C=O) groups is 2. The van der Waals surface area contributed by atoms with E-state index in [9.17, 15) is 19.0 Å². The van der Waals surface area contributed by atoms with Crippen molar-refractivity contribution < 1.29 is 37.6 Å². The fourth-order valence-electron chi connectivity index (χ4n) is 4.56. The van der Waals surface area contributed by atoms with Crippen molar-refractivity contribution in [2.45, 2.75) is 136 Å². The minimum absolute atomic E-state index is 0.0335. The summed E-state index contributed by atoms with van der Waals surface area (Å²) in [4.78, 5) is 34.7. The average Bonchev–Trinajstić information content (AvgIpc) is 3.14. The Morgan fingerprint density at radius 1 is 0.585 bits per heavy atom. The third-order valence-corrected chi connectivity index (χ3v) is 8.44. The molecule has 0 spiro atoms. The first kappa shape index (κ1) is 49.9. The number of nitrogens with two attached hydrogens (primary N) is 1. The second-order valence-corrected chi connectivity index (χ2v) is 13.9. The van der Waals surface area contributed by atoms with E-state index in [1.807, 2.05) is 6.08 Å². The number of hydrogen-bond acceptors (Lipinski definition) is 8. The van der Waals surface area contributed by atoms with Gasteiger partial charge in [-0.05, 0) is 89.9 Å². The fourth-order valence-corrected chi connectivity index (χ4v) is 5.32. The van der Waals surface area contributed by atoms with E-state index in [1.165, 1.54) is 19.3 Å². The van der Waals surface area contributed by atoms with Crippen LogP contribution in [0.2, 0.25) is 0 Å². The van der Waals surface area contributed by atoms with E-state index in [1.54, 1.807) is 0 Å². The normalized spacial score (nSPS) is 14.4. The highest BCUT2D eigenvalue weighted by molar-refractivity contribution is 7.47. The van der Waals surface area contributed by atoms with Crippen molar-refractivity contribution in [3.05, 3.63) is 97.2 Å². The Kier molecular flexibility index (Phi) is 36.4. The fraction of sp³-hybridized carbons (Fsp3) is 0.581. The number of rotatable bonds is 35. The summed E-state index contributed by atoms with van der Waals surface area (Å²) in [5.74, 6) is -0.955. The molecule has 0 aromatic rings. The molecule has 0 aromatic heterocycles. The molecule has 0 amide bonds. The zero-order chi connectivity index (χ0) is 38.9. The van der Waals surface area contributed by atoms with Crippen molar-refractivity contribution in [2.75, 3.05) is 26.4 Å². The lowest BCUT2D eigenvalue weighted by Crippen LogP contribution is -2.29. The molecule has 0 aromatic carbocycles. The van der Waals surface area contributed by atoms with Gasteiger partial charge in [0.25, 0.3) is 0 Å². The Balaban J connectivity index is 4.41. The maximum absolute atomic E-state index is 12.5. The molecule has 0 radical (unpaired) electrons. The Labute approximate surface area is 321 Å². The second kappa shape index (κ2) is 38.6. The van der Waals surface area contributed by atoms with E-state index in [2.05, 4.69) is 105 Å². The monoisotopic (exact) mass is 759 g/mol. The smallest absolute Gasteiger partial charge is 0.462 e. The molecular weight excluding hydrogens is 689 g/mol. The Morgan fingerprint density at radius 2 is 1.04 bits per heavy atom. The molecule has 0 saturated carbocycles. The molecule has 0 heterocycles. The van der Waals surface area contributed by atoms with Crippen LogP contribution in [-0.4, -0.2) is 49.3 Å². The van der Waals surface area contributed by atoms with Crippen LogP contribution in [0.1, 0.15) is 129 Å². The predicted molar refractivity (Wildman–Crippen MR) is 219 cm³/mol. The standard InChI is InChI=1S/C43H70NO8P/c1-3-5-7-9-11-13-15-17-19-20-22-24-26-28-30-32-34-36-43(46)52-41(40-51-53(47,48)50-38-37-44)39-49-42(45)35-33-31-29-27-25-23-21-18-16-14-12-10-8-6-4-2/h5,7,11-14,17-19,21-22,24-25,27-28,30,41H,3-4,6,8-10,15-16,20,23,26,29,31-40,44H2,1-2H3,(H,47,48)/t41-/m1/s1. The molecule has 0 aliphatic heterocycles. The zero-order valence-corrected chi connectivity index (χ0v) is 33.6. The molecule has 2 atom stereocenters. The SMILES string of the molecule is CCC=CCC=CCC=CCC=CCC=CCCCC(=O)O[C@H](COC(=O)CCCCC=CCC=CCC=CCCCCC)COP(=O)(O)OCCN. The van der Waals surface area contributed by atoms with E-state index in [0.717, 1.165) is 64.2 Å². The van der Waals surface area contributed by atoms with E-state index in [0.29, 0.717) is 19.3 Å². The first-order chi connectivity index (χ1) is 25.8.